The summed E-state index contributed by atoms with van der Waals surface area (Å²) in [6.45, 7) is 0.904. The Morgan fingerprint density at radius 3 is 3.24 bits per heavy atom. The highest BCUT2D eigenvalue weighted by atomic mass is 32.2. The first kappa shape index (κ1) is 10.8. The summed E-state index contributed by atoms with van der Waals surface area (Å²) >= 11 is 7.19. The highest BCUT2D eigenvalue weighted by molar-refractivity contribution is 7.99. The first-order valence-corrected chi connectivity index (χ1v) is 6.96. The number of aromatic amines is 1. The number of aromatic nitrogens is 3. The van der Waals surface area contributed by atoms with Gasteiger partial charge in [-0.3, -0.25) is 0 Å². The fraction of sp³-hybridized carbons (Fsp3) is 0.364. The third kappa shape index (κ3) is 1.58. The zero-order valence-corrected chi connectivity index (χ0v) is 10.7. The number of nitrogens with zero attached hydrogens (tertiary/aromatic N) is 3. The monoisotopic (exact) mass is 262 g/mol. The predicted octanol–water partition coefficient (Wildman–Crippen LogP) is 2.25. The number of thioether (sulfide) groups is 1. The number of hydrogen-bond donors (Lipinski definition) is 1. The summed E-state index contributed by atoms with van der Waals surface area (Å²) in [7, 11) is 0. The minimum atomic E-state index is 0.577. The molecule has 6 heteroatoms. The van der Waals surface area contributed by atoms with Crippen LogP contribution in [0.5, 0.6) is 0 Å². The van der Waals surface area contributed by atoms with Crippen molar-refractivity contribution in [2.75, 3.05) is 11.5 Å². The van der Waals surface area contributed by atoms with Gasteiger partial charge in [0.1, 0.15) is 11.6 Å². The maximum absolute atomic E-state index is 9.32. The van der Waals surface area contributed by atoms with E-state index in [1.54, 1.807) is 6.33 Å². The molecular weight excluding hydrogens is 252 g/mol. The lowest BCUT2D eigenvalue weighted by atomic mass is 10.2. The van der Waals surface area contributed by atoms with Gasteiger partial charge in [-0.2, -0.15) is 17.0 Å². The second-order valence-corrected chi connectivity index (χ2v) is 5.49. The Labute approximate surface area is 108 Å². The van der Waals surface area contributed by atoms with Crippen molar-refractivity contribution in [1.82, 2.24) is 14.5 Å². The molecule has 0 amide bonds. The Morgan fingerprint density at radius 1 is 1.53 bits per heavy atom. The van der Waals surface area contributed by atoms with Crippen LogP contribution in [0, 0.1) is 16.0 Å². The molecule has 0 radical (unpaired) electrons. The first-order valence-electron chi connectivity index (χ1n) is 5.39. The number of nitriles is 1. The van der Waals surface area contributed by atoms with Crippen LogP contribution in [0.2, 0.25) is 0 Å². The van der Waals surface area contributed by atoms with Crippen molar-refractivity contribution >= 4 is 35.0 Å². The van der Waals surface area contributed by atoms with E-state index < -0.39 is 0 Å². The van der Waals surface area contributed by atoms with Crippen LogP contribution in [0.1, 0.15) is 11.3 Å². The normalized spacial score (nSPS) is 15.2. The molecule has 86 valence electrons. The lowest BCUT2D eigenvalue weighted by molar-refractivity contribution is 0.763. The van der Waals surface area contributed by atoms with E-state index in [-0.39, 0.29) is 0 Å². The third-order valence-corrected chi connectivity index (χ3v) is 4.28. The molecule has 3 rings (SSSR count). The van der Waals surface area contributed by atoms with Gasteiger partial charge in [0.05, 0.1) is 17.4 Å². The van der Waals surface area contributed by atoms with Gasteiger partial charge in [0.15, 0.2) is 4.64 Å². The third-order valence-electron chi connectivity index (χ3n) is 3.02. The number of aryl methyl sites for hydroxylation is 1. The highest BCUT2D eigenvalue weighted by Crippen LogP contribution is 2.27. The standard InChI is InChI=1S/C11H10N4S2/c12-5-7-8-1-3-17-4-2-15(8)10-9(7)13-6-14-11(10)16/h6H,1-4H2,(H,13,14,16). The number of hydrogen-bond acceptors (Lipinski definition) is 4. The van der Waals surface area contributed by atoms with Gasteiger partial charge in [-0.05, 0) is 12.2 Å². The molecule has 0 aliphatic carbocycles. The van der Waals surface area contributed by atoms with E-state index in [4.69, 9.17) is 12.2 Å². The van der Waals surface area contributed by atoms with E-state index in [0.29, 0.717) is 4.64 Å². The van der Waals surface area contributed by atoms with Crippen molar-refractivity contribution < 1.29 is 0 Å². The Balaban J connectivity index is 2.46. The van der Waals surface area contributed by atoms with Gasteiger partial charge in [-0.1, -0.05) is 12.2 Å². The van der Waals surface area contributed by atoms with Crippen LogP contribution in [0.25, 0.3) is 11.0 Å². The lowest BCUT2D eigenvalue weighted by Gasteiger charge is -2.04. The SMILES string of the molecule is N#Cc1c2n(c3c(=S)nc[nH]c13)CCSCC2. The maximum atomic E-state index is 9.32. The summed E-state index contributed by atoms with van der Waals surface area (Å²) in [5.74, 6) is 2.12. The molecule has 0 saturated carbocycles. The molecular formula is C11H10N4S2. The molecule has 0 unspecified atom stereocenters. The van der Waals surface area contributed by atoms with Crippen molar-refractivity contribution in [2.24, 2.45) is 0 Å². The fourth-order valence-corrected chi connectivity index (χ4v) is 3.42. The van der Waals surface area contributed by atoms with Crippen LogP contribution in [0.3, 0.4) is 0 Å². The molecule has 1 aliphatic rings. The van der Waals surface area contributed by atoms with E-state index in [9.17, 15) is 5.26 Å². The molecule has 0 atom stereocenters. The summed E-state index contributed by atoms with van der Waals surface area (Å²) in [6.07, 6.45) is 2.49. The average molecular weight is 262 g/mol. The Bertz CT molecular complexity index is 677. The Hall–Kier alpha value is -1.32. The van der Waals surface area contributed by atoms with Gasteiger partial charge in [0.25, 0.3) is 0 Å². The molecule has 1 N–H and O–H groups in total. The summed E-state index contributed by atoms with van der Waals surface area (Å²) < 4.78 is 2.74. The molecule has 4 nitrogen and oxygen atoms in total. The average Bonchev–Trinajstić information content (AvgIpc) is 2.49. The van der Waals surface area contributed by atoms with Crippen LogP contribution >= 0.6 is 24.0 Å². The second kappa shape index (κ2) is 4.17. The fourth-order valence-electron chi connectivity index (χ4n) is 2.30. The molecule has 3 heterocycles. The van der Waals surface area contributed by atoms with E-state index in [1.807, 2.05) is 11.8 Å². The Morgan fingerprint density at radius 2 is 2.41 bits per heavy atom. The van der Waals surface area contributed by atoms with Gasteiger partial charge >= 0.3 is 0 Å². The largest absolute Gasteiger partial charge is 0.343 e. The molecule has 0 fully saturated rings. The number of H-pyrrole nitrogens is 1. The second-order valence-electron chi connectivity index (χ2n) is 3.88. The first-order chi connectivity index (χ1) is 8.33. The summed E-state index contributed by atoms with van der Waals surface area (Å²) in [5.41, 5.74) is 3.59. The maximum Gasteiger partial charge on any atom is 0.153 e. The number of rotatable bonds is 0. The lowest BCUT2D eigenvalue weighted by Crippen LogP contribution is -2.03. The highest BCUT2D eigenvalue weighted by Gasteiger charge is 2.20. The minimum Gasteiger partial charge on any atom is -0.343 e. The Kier molecular flexibility index (Phi) is 2.65. The van der Waals surface area contributed by atoms with Gasteiger partial charge < -0.3 is 9.55 Å². The van der Waals surface area contributed by atoms with E-state index >= 15 is 0 Å². The summed E-state index contributed by atoms with van der Waals surface area (Å²) in [5, 5.41) is 9.32. The smallest absolute Gasteiger partial charge is 0.153 e. The van der Waals surface area contributed by atoms with Crippen molar-refractivity contribution in [3.8, 4) is 6.07 Å². The zero-order chi connectivity index (χ0) is 11.8. The van der Waals surface area contributed by atoms with Crippen molar-refractivity contribution in [3.05, 3.63) is 22.2 Å². The molecule has 0 saturated heterocycles. The topological polar surface area (TPSA) is 57.4 Å². The van der Waals surface area contributed by atoms with E-state index in [0.717, 1.165) is 46.8 Å². The molecule has 17 heavy (non-hydrogen) atoms. The molecule has 2 aromatic heterocycles. The van der Waals surface area contributed by atoms with Crippen LogP contribution in [0.4, 0.5) is 0 Å². The van der Waals surface area contributed by atoms with Crippen LogP contribution in [-0.2, 0) is 13.0 Å². The minimum absolute atomic E-state index is 0.577. The van der Waals surface area contributed by atoms with Crippen LogP contribution in [0.15, 0.2) is 6.33 Å². The van der Waals surface area contributed by atoms with E-state index in [1.165, 1.54) is 0 Å². The predicted molar refractivity (Wildman–Crippen MR) is 70.7 cm³/mol. The van der Waals surface area contributed by atoms with E-state index in [2.05, 4.69) is 20.6 Å². The summed E-state index contributed by atoms with van der Waals surface area (Å²) in [4.78, 5) is 7.18. The molecule has 0 bridgehead atoms. The van der Waals surface area contributed by atoms with Gasteiger partial charge in [0.2, 0.25) is 0 Å². The number of nitrogens with one attached hydrogen (secondary N) is 1. The molecule has 0 aromatic carbocycles. The quantitative estimate of drug-likeness (QED) is 0.740. The van der Waals surface area contributed by atoms with Crippen molar-refractivity contribution in [1.29, 1.82) is 5.26 Å². The molecule has 1 aliphatic heterocycles. The van der Waals surface area contributed by atoms with Gasteiger partial charge in [0, 0.05) is 18.0 Å². The van der Waals surface area contributed by atoms with Crippen LogP contribution < -0.4 is 0 Å². The number of fused-ring (bicyclic) bond motifs is 3. The van der Waals surface area contributed by atoms with Gasteiger partial charge in [-0.25, -0.2) is 4.98 Å². The summed E-state index contributed by atoms with van der Waals surface area (Å²) in [6, 6.07) is 2.30. The molecule has 0 spiro atoms. The molecule has 2 aromatic rings. The zero-order valence-electron chi connectivity index (χ0n) is 9.06. The van der Waals surface area contributed by atoms with Crippen LogP contribution in [-0.4, -0.2) is 26.0 Å². The van der Waals surface area contributed by atoms with Gasteiger partial charge in [-0.15, -0.1) is 0 Å². The van der Waals surface area contributed by atoms with Crippen molar-refractivity contribution in [2.45, 2.75) is 13.0 Å². The van der Waals surface area contributed by atoms with Crippen molar-refractivity contribution in [3.63, 3.8) is 0 Å².